The number of hydrogen-bond donors (Lipinski definition) is 2. The van der Waals surface area contributed by atoms with Gasteiger partial charge in [-0.1, -0.05) is 24.3 Å². The van der Waals surface area contributed by atoms with E-state index >= 15 is 0 Å². The first-order chi connectivity index (χ1) is 10.1. The second-order valence-electron chi connectivity index (χ2n) is 5.75. The van der Waals surface area contributed by atoms with E-state index in [1.54, 1.807) is 0 Å². The average Bonchev–Trinajstić information content (AvgIpc) is 2.95. The molecule has 1 heterocycles. The van der Waals surface area contributed by atoms with Crippen LogP contribution in [0.1, 0.15) is 36.5 Å². The number of carboxylic acids is 1. The molecule has 5 heteroatoms. The van der Waals surface area contributed by atoms with Crippen molar-refractivity contribution in [2.45, 2.75) is 37.8 Å². The Morgan fingerprint density at radius 3 is 2.81 bits per heavy atom. The van der Waals surface area contributed by atoms with Crippen LogP contribution >= 0.6 is 0 Å². The number of fused-ring (bicyclic) bond motifs is 1. The molecule has 2 N–H and O–H groups in total. The molecule has 5 nitrogen and oxygen atoms in total. The van der Waals surface area contributed by atoms with Gasteiger partial charge in [0.05, 0.1) is 12.5 Å². The molecule has 1 aliphatic heterocycles. The fraction of sp³-hybridized carbons (Fsp3) is 0.500. The Morgan fingerprint density at radius 1 is 1.24 bits per heavy atom. The van der Waals surface area contributed by atoms with Gasteiger partial charge in [0.25, 0.3) is 5.91 Å². The zero-order valence-corrected chi connectivity index (χ0v) is 11.7. The van der Waals surface area contributed by atoms with Gasteiger partial charge < -0.3 is 15.2 Å². The summed E-state index contributed by atoms with van der Waals surface area (Å²) in [6.45, 7) is 0.539. The summed E-state index contributed by atoms with van der Waals surface area (Å²) in [5.41, 5.74) is 2.08. The van der Waals surface area contributed by atoms with Gasteiger partial charge in [0.15, 0.2) is 6.10 Å². The summed E-state index contributed by atoms with van der Waals surface area (Å²) in [7, 11) is 0. The van der Waals surface area contributed by atoms with E-state index in [-0.39, 0.29) is 17.9 Å². The monoisotopic (exact) mass is 289 g/mol. The topological polar surface area (TPSA) is 75.6 Å². The highest BCUT2D eigenvalue weighted by atomic mass is 16.5. The van der Waals surface area contributed by atoms with E-state index in [0.717, 1.165) is 24.0 Å². The van der Waals surface area contributed by atoms with Gasteiger partial charge in [-0.2, -0.15) is 0 Å². The summed E-state index contributed by atoms with van der Waals surface area (Å²) in [5, 5.41) is 12.0. The summed E-state index contributed by atoms with van der Waals surface area (Å²) < 4.78 is 5.62. The minimum absolute atomic E-state index is 0.0590. The van der Waals surface area contributed by atoms with Gasteiger partial charge in [-0.3, -0.25) is 9.59 Å². The van der Waals surface area contributed by atoms with Crippen molar-refractivity contribution >= 4 is 11.9 Å². The number of carbonyl (C=O) groups excluding carboxylic acids is 1. The van der Waals surface area contributed by atoms with E-state index < -0.39 is 12.1 Å². The average molecular weight is 289 g/mol. The Labute approximate surface area is 123 Å². The highest BCUT2D eigenvalue weighted by molar-refractivity contribution is 5.83. The van der Waals surface area contributed by atoms with E-state index in [1.807, 2.05) is 24.3 Å². The lowest BCUT2D eigenvalue weighted by atomic mass is 9.97. The quantitative estimate of drug-likeness (QED) is 0.887. The van der Waals surface area contributed by atoms with Crippen molar-refractivity contribution in [1.82, 2.24) is 5.32 Å². The number of carbonyl (C=O) groups is 2. The van der Waals surface area contributed by atoms with Crippen molar-refractivity contribution in [3.05, 3.63) is 35.4 Å². The predicted molar refractivity (Wildman–Crippen MR) is 75.7 cm³/mol. The minimum atomic E-state index is -0.772. The first-order valence-electron chi connectivity index (χ1n) is 7.37. The van der Waals surface area contributed by atoms with Gasteiger partial charge in [0.1, 0.15) is 0 Å². The van der Waals surface area contributed by atoms with Crippen LogP contribution in [0.5, 0.6) is 0 Å². The molecule has 1 aromatic carbocycles. The number of hydrogen-bond acceptors (Lipinski definition) is 3. The van der Waals surface area contributed by atoms with Gasteiger partial charge in [0.2, 0.25) is 0 Å². The molecule has 2 aliphatic rings. The molecule has 1 saturated carbocycles. The zero-order valence-electron chi connectivity index (χ0n) is 11.7. The van der Waals surface area contributed by atoms with Gasteiger partial charge in [-0.25, -0.2) is 0 Å². The molecule has 1 fully saturated rings. The summed E-state index contributed by atoms with van der Waals surface area (Å²) in [5.74, 6) is -1.26. The number of rotatable bonds is 3. The first-order valence-corrected chi connectivity index (χ1v) is 7.37. The number of benzene rings is 1. The Bertz CT molecular complexity index is 557. The molecular formula is C16H19NO4. The second-order valence-corrected chi connectivity index (χ2v) is 5.75. The Morgan fingerprint density at radius 2 is 2.05 bits per heavy atom. The van der Waals surface area contributed by atoms with Crippen molar-refractivity contribution in [1.29, 1.82) is 0 Å². The maximum atomic E-state index is 12.4. The molecule has 3 atom stereocenters. The van der Waals surface area contributed by atoms with Crippen molar-refractivity contribution in [2.24, 2.45) is 5.92 Å². The van der Waals surface area contributed by atoms with Crippen molar-refractivity contribution < 1.29 is 19.4 Å². The summed E-state index contributed by atoms with van der Waals surface area (Å²) in [6, 6.07) is 7.76. The molecule has 0 spiro atoms. The summed E-state index contributed by atoms with van der Waals surface area (Å²) in [4.78, 5) is 23.4. The number of nitrogens with one attached hydrogen (secondary N) is 1. The highest BCUT2D eigenvalue weighted by Gasteiger charge is 2.33. The summed E-state index contributed by atoms with van der Waals surface area (Å²) >= 11 is 0. The summed E-state index contributed by atoms with van der Waals surface area (Å²) in [6.07, 6.45) is 2.11. The lowest BCUT2D eigenvalue weighted by Gasteiger charge is -2.26. The maximum absolute atomic E-state index is 12.4. The normalized spacial score (nSPS) is 27.9. The number of carboxylic acid groups (broad SMARTS) is 1. The first kappa shape index (κ1) is 14.1. The number of aliphatic carboxylic acids is 1. The molecule has 0 aromatic heterocycles. The maximum Gasteiger partial charge on any atom is 0.306 e. The number of amides is 1. The third kappa shape index (κ3) is 2.93. The van der Waals surface area contributed by atoms with E-state index in [2.05, 4.69) is 5.32 Å². The lowest BCUT2D eigenvalue weighted by Crippen LogP contribution is -2.39. The fourth-order valence-electron chi connectivity index (χ4n) is 3.22. The SMILES string of the molecule is O=C(N[C@@H]1CC[C@H](C(=O)O)C1)C1OCCc2ccccc21. The van der Waals surface area contributed by atoms with E-state index in [1.165, 1.54) is 0 Å². The Hall–Kier alpha value is -1.88. The van der Waals surface area contributed by atoms with Crippen LogP contribution in [0.25, 0.3) is 0 Å². The Kier molecular flexibility index (Phi) is 3.92. The smallest absolute Gasteiger partial charge is 0.306 e. The molecule has 1 unspecified atom stereocenters. The highest BCUT2D eigenvalue weighted by Crippen LogP contribution is 2.29. The molecular weight excluding hydrogens is 270 g/mol. The molecule has 112 valence electrons. The fourth-order valence-corrected chi connectivity index (χ4v) is 3.22. The molecule has 1 aromatic rings. The molecule has 3 rings (SSSR count). The largest absolute Gasteiger partial charge is 0.481 e. The standard InChI is InChI=1S/C16H19NO4/c18-15(17-12-6-5-11(9-12)16(19)20)14-13-4-2-1-3-10(13)7-8-21-14/h1-4,11-12,14H,5-9H2,(H,17,18)(H,19,20)/t11-,12+,14?/m0/s1. The van der Waals surface area contributed by atoms with Gasteiger partial charge in [-0.15, -0.1) is 0 Å². The third-order valence-electron chi connectivity index (χ3n) is 4.36. The van der Waals surface area contributed by atoms with Crippen LogP contribution in [-0.4, -0.2) is 29.6 Å². The van der Waals surface area contributed by atoms with Crippen LogP contribution in [0.2, 0.25) is 0 Å². The van der Waals surface area contributed by atoms with Crippen LogP contribution < -0.4 is 5.32 Å². The van der Waals surface area contributed by atoms with Crippen LogP contribution in [0.4, 0.5) is 0 Å². The van der Waals surface area contributed by atoms with Crippen molar-refractivity contribution in [3.8, 4) is 0 Å². The van der Waals surface area contributed by atoms with Crippen LogP contribution in [-0.2, 0) is 20.7 Å². The van der Waals surface area contributed by atoms with E-state index in [9.17, 15) is 9.59 Å². The lowest BCUT2D eigenvalue weighted by molar-refractivity contribution is -0.142. The zero-order chi connectivity index (χ0) is 14.8. The van der Waals surface area contributed by atoms with E-state index in [0.29, 0.717) is 19.4 Å². The Balaban J connectivity index is 1.66. The minimum Gasteiger partial charge on any atom is -0.481 e. The third-order valence-corrected chi connectivity index (χ3v) is 4.36. The van der Waals surface area contributed by atoms with Gasteiger partial charge in [0, 0.05) is 6.04 Å². The molecule has 1 amide bonds. The van der Waals surface area contributed by atoms with Gasteiger partial charge >= 0.3 is 5.97 Å². The van der Waals surface area contributed by atoms with Crippen molar-refractivity contribution in [2.75, 3.05) is 6.61 Å². The molecule has 0 saturated heterocycles. The predicted octanol–water partition coefficient (Wildman–Crippen LogP) is 1.67. The van der Waals surface area contributed by atoms with Crippen LogP contribution in [0.3, 0.4) is 0 Å². The van der Waals surface area contributed by atoms with Crippen LogP contribution in [0.15, 0.2) is 24.3 Å². The van der Waals surface area contributed by atoms with Crippen molar-refractivity contribution in [3.63, 3.8) is 0 Å². The molecule has 0 radical (unpaired) electrons. The molecule has 21 heavy (non-hydrogen) atoms. The van der Waals surface area contributed by atoms with E-state index in [4.69, 9.17) is 9.84 Å². The molecule has 0 bridgehead atoms. The van der Waals surface area contributed by atoms with Crippen LogP contribution in [0, 0.1) is 5.92 Å². The molecule has 1 aliphatic carbocycles. The number of ether oxygens (including phenoxy) is 1. The second kappa shape index (κ2) is 5.85. The van der Waals surface area contributed by atoms with Gasteiger partial charge in [-0.05, 0) is 36.8 Å².